The van der Waals surface area contributed by atoms with Gasteiger partial charge in [0.2, 0.25) is 5.88 Å². The van der Waals surface area contributed by atoms with E-state index in [1.807, 2.05) is 25.1 Å². The van der Waals surface area contributed by atoms with Gasteiger partial charge in [-0.1, -0.05) is 12.1 Å². The average Bonchev–Trinajstić information content (AvgIpc) is 3.06. The Morgan fingerprint density at radius 2 is 2.00 bits per heavy atom. The Balaban J connectivity index is 1.45. The molecule has 0 bridgehead atoms. The summed E-state index contributed by atoms with van der Waals surface area (Å²) in [7, 11) is 1.66. The van der Waals surface area contributed by atoms with Crippen LogP contribution in [-0.4, -0.2) is 46.9 Å². The van der Waals surface area contributed by atoms with Gasteiger partial charge in [-0.3, -0.25) is 4.99 Å². The van der Waals surface area contributed by atoms with Crippen LogP contribution in [0.15, 0.2) is 47.6 Å². The average molecular weight is 434 g/mol. The van der Waals surface area contributed by atoms with Crippen molar-refractivity contribution in [3.63, 3.8) is 0 Å². The van der Waals surface area contributed by atoms with E-state index in [0.29, 0.717) is 19.0 Å². The molecule has 3 aromatic rings. The molecule has 0 spiro atoms. The minimum atomic E-state index is -4.40. The van der Waals surface area contributed by atoms with E-state index in [1.165, 1.54) is 12.3 Å². The van der Waals surface area contributed by atoms with Gasteiger partial charge in [0.1, 0.15) is 5.82 Å². The van der Waals surface area contributed by atoms with Gasteiger partial charge < -0.3 is 19.9 Å². The minimum Gasteiger partial charge on any atom is -0.468 e. The number of halogens is 3. The molecule has 0 atom stereocenters. The second-order valence-electron chi connectivity index (χ2n) is 6.91. The Hall–Kier alpha value is -3.30. The van der Waals surface area contributed by atoms with Gasteiger partial charge in [-0.25, -0.2) is 9.97 Å². The molecule has 0 fully saturated rings. The van der Waals surface area contributed by atoms with E-state index >= 15 is 0 Å². The maximum absolute atomic E-state index is 12.3. The second-order valence-corrected chi connectivity index (χ2v) is 6.91. The molecule has 10 heteroatoms. The highest BCUT2D eigenvalue weighted by Crippen LogP contribution is 2.18. The number of pyridine rings is 1. The minimum absolute atomic E-state index is 0.0671. The molecule has 0 amide bonds. The van der Waals surface area contributed by atoms with Crippen molar-refractivity contribution in [2.45, 2.75) is 32.6 Å². The number of hydrogen-bond acceptors (Lipinski definition) is 4. The molecule has 3 rings (SSSR count). The number of rotatable bonds is 8. The molecule has 0 aliphatic rings. The number of para-hydroxylation sites is 2. The molecule has 0 unspecified atom stereocenters. The standard InChI is InChI=1S/C21H25F3N6O/c1-15-29-17-6-3-4-7-18(17)30(15)11-5-9-27-20(25-2)28-13-16-8-10-26-19(12-16)31-14-21(22,23)24/h3-4,6-8,10,12H,5,9,11,13-14H2,1-2H3,(H2,25,27,28). The van der Waals surface area contributed by atoms with E-state index in [4.69, 9.17) is 0 Å². The number of alkyl halides is 3. The van der Waals surface area contributed by atoms with Crippen LogP contribution in [0.5, 0.6) is 5.88 Å². The molecule has 0 saturated heterocycles. The summed E-state index contributed by atoms with van der Waals surface area (Å²) in [5, 5.41) is 6.37. The van der Waals surface area contributed by atoms with E-state index in [0.717, 1.165) is 35.4 Å². The van der Waals surface area contributed by atoms with Gasteiger partial charge in [-0.05, 0) is 37.1 Å². The summed E-state index contributed by atoms with van der Waals surface area (Å²) in [5.74, 6) is 1.51. The number of imidazole rings is 1. The number of aromatic nitrogens is 3. The summed E-state index contributed by atoms with van der Waals surface area (Å²) < 4.78 is 43.7. The van der Waals surface area contributed by atoms with Crippen molar-refractivity contribution in [1.82, 2.24) is 25.2 Å². The summed E-state index contributed by atoms with van der Waals surface area (Å²) in [4.78, 5) is 12.5. The normalized spacial score (nSPS) is 12.2. The first-order valence-corrected chi connectivity index (χ1v) is 9.86. The van der Waals surface area contributed by atoms with Gasteiger partial charge in [0.25, 0.3) is 0 Å². The van der Waals surface area contributed by atoms with Crippen LogP contribution < -0.4 is 15.4 Å². The van der Waals surface area contributed by atoms with Crippen LogP contribution in [0, 0.1) is 6.92 Å². The van der Waals surface area contributed by atoms with Crippen molar-refractivity contribution in [2.75, 3.05) is 20.2 Å². The number of aryl methyl sites for hydroxylation is 2. The lowest BCUT2D eigenvalue weighted by Crippen LogP contribution is -2.37. The summed E-state index contributed by atoms with van der Waals surface area (Å²) in [6, 6.07) is 11.2. The van der Waals surface area contributed by atoms with Crippen molar-refractivity contribution in [2.24, 2.45) is 4.99 Å². The smallest absolute Gasteiger partial charge is 0.422 e. The molecular weight excluding hydrogens is 409 g/mol. The maximum Gasteiger partial charge on any atom is 0.422 e. The van der Waals surface area contributed by atoms with Crippen LogP contribution in [0.25, 0.3) is 11.0 Å². The molecule has 7 nitrogen and oxygen atoms in total. The Morgan fingerprint density at radius 3 is 2.77 bits per heavy atom. The van der Waals surface area contributed by atoms with Crippen molar-refractivity contribution in [3.8, 4) is 5.88 Å². The maximum atomic E-state index is 12.3. The molecular formula is C21H25F3N6O. The van der Waals surface area contributed by atoms with Gasteiger partial charge in [-0.15, -0.1) is 0 Å². The second kappa shape index (κ2) is 10.1. The third-order valence-corrected chi connectivity index (χ3v) is 4.56. The molecule has 166 valence electrons. The van der Waals surface area contributed by atoms with Gasteiger partial charge in [0.15, 0.2) is 12.6 Å². The Kier molecular flexibility index (Phi) is 7.32. The number of aliphatic imine (C=N–C) groups is 1. The summed E-state index contributed by atoms with van der Waals surface area (Å²) in [6.07, 6.45) is -2.12. The topological polar surface area (TPSA) is 76.4 Å². The van der Waals surface area contributed by atoms with Crippen LogP contribution in [-0.2, 0) is 13.1 Å². The van der Waals surface area contributed by atoms with Crippen molar-refractivity contribution in [3.05, 3.63) is 54.0 Å². The fourth-order valence-corrected chi connectivity index (χ4v) is 3.12. The molecule has 31 heavy (non-hydrogen) atoms. The zero-order valence-corrected chi connectivity index (χ0v) is 17.4. The van der Waals surface area contributed by atoms with Gasteiger partial charge >= 0.3 is 6.18 Å². The van der Waals surface area contributed by atoms with Crippen LogP contribution in [0.3, 0.4) is 0 Å². The van der Waals surface area contributed by atoms with E-state index in [9.17, 15) is 13.2 Å². The lowest BCUT2D eigenvalue weighted by atomic mass is 10.2. The quantitative estimate of drug-likeness (QED) is 0.323. The zero-order valence-electron chi connectivity index (χ0n) is 17.4. The highest BCUT2D eigenvalue weighted by Gasteiger charge is 2.28. The van der Waals surface area contributed by atoms with Gasteiger partial charge in [0, 0.05) is 38.9 Å². The predicted molar refractivity (Wildman–Crippen MR) is 113 cm³/mol. The Morgan fingerprint density at radius 1 is 1.19 bits per heavy atom. The lowest BCUT2D eigenvalue weighted by Gasteiger charge is -2.13. The molecule has 1 aromatic carbocycles. The lowest BCUT2D eigenvalue weighted by molar-refractivity contribution is -0.154. The van der Waals surface area contributed by atoms with E-state index in [1.54, 1.807) is 13.1 Å². The summed E-state index contributed by atoms with van der Waals surface area (Å²) >= 11 is 0. The van der Waals surface area contributed by atoms with Gasteiger partial charge in [0.05, 0.1) is 11.0 Å². The van der Waals surface area contributed by atoms with Crippen LogP contribution in [0.2, 0.25) is 0 Å². The SMILES string of the molecule is CN=C(NCCCn1c(C)nc2ccccc21)NCc1ccnc(OCC(F)(F)F)c1. The van der Waals surface area contributed by atoms with Crippen molar-refractivity contribution in [1.29, 1.82) is 0 Å². The third-order valence-electron chi connectivity index (χ3n) is 4.56. The number of guanidine groups is 1. The molecule has 0 aliphatic heterocycles. The number of fused-ring (bicyclic) bond motifs is 1. The Bertz CT molecular complexity index is 1030. The first-order chi connectivity index (χ1) is 14.9. The number of nitrogens with zero attached hydrogens (tertiary/aromatic N) is 4. The molecule has 0 radical (unpaired) electrons. The third kappa shape index (κ3) is 6.59. The largest absolute Gasteiger partial charge is 0.468 e. The molecule has 2 heterocycles. The van der Waals surface area contributed by atoms with E-state index in [-0.39, 0.29) is 5.88 Å². The predicted octanol–water partition coefficient (Wildman–Crippen LogP) is 3.44. The number of benzene rings is 1. The van der Waals surface area contributed by atoms with Crippen LogP contribution in [0.4, 0.5) is 13.2 Å². The highest BCUT2D eigenvalue weighted by atomic mass is 19.4. The number of hydrogen-bond donors (Lipinski definition) is 2. The fourth-order valence-electron chi connectivity index (χ4n) is 3.12. The van der Waals surface area contributed by atoms with E-state index in [2.05, 4.69) is 41.0 Å². The molecule has 0 aliphatic carbocycles. The monoisotopic (exact) mass is 434 g/mol. The van der Waals surface area contributed by atoms with E-state index < -0.39 is 12.8 Å². The fraction of sp³-hybridized carbons (Fsp3) is 0.381. The zero-order chi connectivity index (χ0) is 22.3. The Labute approximate surface area is 178 Å². The number of ether oxygens (including phenoxy) is 1. The van der Waals surface area contributed by atoms with Crippen molar-refractivity contribution < 1.29 is 17.9 Å². The first kappa shape index (κ1) is 22.4. The van der Waals surface area contributed by atoms with Crippen molar-refractivity contribution >= 4 is 17.0 Å². The summed E-state index contributed by atoms with van der Waals surface area (Å²) in [6.45, 7) is 2.51. The number of nitrogens with one attached hydrogen (secondary N) is 2. The highest BCUT2D eigenvalue weighted by molar-refractivity contribution is 5.79. The van der Waals surface area contributed by atoms with Crippen LogP contribution in [0.1, 0.15) is 17.8 Å². The first-order valence-electron chi connectivity index (χ1n) is 9.86. The molecule has 0 saturated carbocycles. The van der Waals surface area contributed by atoms with Gasteiger partial charge in [-0.2, -0.15) is 13.2 Å². The molecule has 2 aromatic heterocycles. The van der Waals surface area contributed by atoms with Crippen LogP contribution >= 0.6 is 0 Å². The molecule has 2 N–H and O–H groups in total. The summed E-state index contributed by atoms with van der Waals surface area (Å²) in [5.41, 5.74) is 2.83.